The molecule has 2 aromatic rings. The lowest BCUT2D eigenvalue weighted by Gasteiger charge is -2.13. The van der Waals surface area contributed by atoms with Crippen LogP contribution in [-0.2, 0) is 6.42 Å². The summed E-state index contributed by atoms with van der Waals surface area (Å²) < 4.78 is 6.66. The average molecular weight is 335 g/mol. The number of pyridine rings is 1. The molecule has 1 atom stereocenters. The van der Waals surface area contributed by atoms with Gasteiger partial charge in [-0.25, -0.2) is 0 Å². The van der Waals surface area contributed by atoms with E-state index in [1.807, 2.05) is 24.4 Å². The maximum Gasteiger partial charge on any atom is 0.137 e. The van der Waals surface area contributed by atoms with Crippen molar-refractivity contribution >= 4 is 15.9 Å². The van der Waals surface area contributed by atoms with Crippen LogP contribution < -0.4 is 10.5 Å². The summed E-state index contributed by atoms with van der Waals surface area (Å²) >= 11 is 3.48. The van der Waals surface area contributed by atoms with Crippen molar-refractivity contribution in [2.24, 2.45) is 5.73 Å². The van der Waals surface area contributed by atoms with Crippen LogP contribution in [0.25, 0.3) is 0 Å². The second kappa shape index (κ2) is 7.41. The lowest BCUT2D eigenvalue weighted by molar-refractivity contribution is 0.315. The second-order valence-electron chi connectivity index (χ2n) is 4.74. The summed E-state index contributed by atoms with van der Waals surface area (Å²) in [5.41, 5.74) is 8.46. The molecule has 1 aromatic heterocycles. The molecule has 0 fully saturated rings. The van der Waals surface area contributed by atoms with E-state index < -0.39 is 0 Å². The van der Waals surface area contributed by atoms with Gasteiger partial charge >= 0.3 is 0 Å². The molecule has 1 unspecified atom stereocenters. The van der Waals surface area contributed by atoms with Crippen LogP contribution in [0.1, 0.15) is 30.5 Å². The molecule has 0 saturated heterocycles. The first-order valence-electron chi connectivity index (χ1n) is 6.77. The average Bonchev–Trinajstić information content (AvgIpc) is 2.45. The van der Waals surface area contributed by atoms with E-state index in [4.69, 9.17) is 10.5 Å². The second-order valence-corrected chi connectivity index (χ2v) is 5.66. The van der Waals surface area contributed by atoms with Gasteiger partial charge in [-0.15, -0.1) is 0 Å². The highest BCUT2D eigenvalue weighted by Crippen LogP contribution is 2.21. The van der Waals surface area contributed by atoms with Gasteiger partial charge in [-0.2, -0.15) is 0 Å². The molecule has 0 amide bonds. The highest BCUT2D eigenvalue weighted by Gasteiger charge is 2.09. The zero-order valence-corrected chi connectivity index (χ0v) is 13.1. The van der Waals surface area contributed by atoms with E-state index >= 15 is 0 Å². The van der Waals surface area contributed by atoms with Gasteiger partial charge in [0.25, 0.3) is 0 Å². The molecule has 1 aromatic carbocycles. The van der Waals surface area contributed by atoms with Crippen molar-refractivity contribution < 1.29 is 4.74 Å². The highest BCUT2D eigenvalue weighted by molar-refractivity contribution is 9.10. The summed E-state index contributed by atoms with van der Waals surface area (Å²) in [6.45, 7) is 2.78. The van der Waals surface area contributed by atoms with Crippen molar-refractivity contribution in [3.05, 3.63) is 58.3 Å². The molecule has 3 nitrogen and oxygen atoms in total. The molecular weight excluding hydrogens is 316 g/mol. The summed E-state index contributed by atoms with van der Waals surface area (Å²) in [6.07, 6.45) is 5.29. The third-order valence-corrected chi connectivity index (χ3v) is 3.47. The van der Waals surface area contributed by atoms with Crippen LogP contribution >= 0.6 is 15.9 Å². The maximum atomic E-state index is 6.26. The first kappa shape index (κ1) is 15.0. The predicted octanol–water partition coefficient (Wildman–Crippen LogP) is 3.88. The summed E-state index contributed by atoms with van der Waals surface area (Å²) in [6, 6.07) is 10.1. The zero-order chi connectivity index (χ0) is 14.4. The van der Waals surface area contributed by atoms with E-state index in [1.54, 1.807) is 6.20 Å². The summed E-state index contributed by atoms with van der Waals surface area (Å²) in [7, 11) is 0. The van der Waals surface area contributed by atoms with Gasteiger partial charge in [0.15, 0.2) is 0 Å². The fraction of sp³-hybridized carbons (Fsp3) is 0.312. The summed E-state index contributed by atoms with van der Waals surface area (Å²) in [4.78, 5) is 4.20. The lowest BCUT2D eigenvalue weighted by atomic mass is 10.0. The SMILES string of the molecule is CCCOc1cncc(C(N)Cc2cccc(Br)c2)c1. The fourth-order valence-electron chi connectivity index (χ4n) is 1.97. The Balaban J connectivity index is 2.06. The molecular formula is C16H19BrN2O. The van der Waals surface area contributed by atoms with Gasteiger partial charge in [0.05, 0.1) is 12.8 Å². The lowest BCUT2D eigenvalue weighted by Crippen LogP contribution is -2.14. The molecule has 1 heterocycles. The number of aromatic nitrogens is 1. The smallest absolute Gasteiger partial charge is 0.137 e. The largest absolute Gasteiger partial charge is 0.492 e. The molecule has 4 heteroatoms. The molecule has 0 aliphatic carbocycles. The van der Waals surface area contributed by atoms with Crippen molar-refractivity contribution in [2.75, 3.05) is 6.61 Å². The van der Waals surface area contributed by atoms with Crippen molar-refractivity contribution in [3.63, 3.8) is 0 Å². The van der Waals surface area contributed by atoms with Crippen molar-refractivity contribution in [1.29, 1.82) is 0 Å². The molecule has 2 N–H and O–H groups in total. The van der Waals surface area contributed by atoms with E-state index in [1.165, 1.54) is 5.56 Å². The van der Waals surface area contributed by atoms with E-state index in [0.29, 0.717) is 6.61 Å². The molecule has 20 heavy (non-hydrogen) atoms. The van der Waals surface area contributed by atoms with Gasteiger partial charge in [0, 0.05) is 16.7 Å². The van der Waals surface area contributed by atoms with Gasteiger partial charge in [0.1, 0.15) is 5.75 Å². The molecule has 0 bridgehead atoms. The van der Waals surface area contributed by atoms with Gasteiger partial charge < -0.3 is 10.5 Å². The first-order valence-corrected chi connectivity index (χ1v) is 7.56. The maximum absolute atomic E-state index is 6.26. The normalized spacial score (nSPS) is 12.2. The molecule has 0 aliphatic rings. The number of nitrogens with two attached hydrogens (primary N) is 1. The Kier molecular flexibility index (Phi) is 5.56. The quantitative estimate of drug-likeness (QED) is 0.872. The Morgan fingerprint density at radius 2 is 2.15 bits per heavy atom. The number of halogens is 1. The van der Waals surface area contributed by atoms with Gasteiger partial charge in [-0.1, -0.05) is 35.0 Å². The number of rotatable bonds is 6. The summed E-state index contributed by atoms with van der Waals surface area (Å²) in [5, 5.41) is 0. The van der Waals surface area contributed by atoms with E-state index in [-0.39, 0.29) is 6.04 Å². The first-order chi connectivity index (χ1) is 9.69. The molecule has 0 saturated carbocycles. The number of hydrogen-bond acceptors (Lipinski definition) is 3. The number of ether oxygens (including phenoxy) is 1. The van der Waals surface area contributed by atoms with Crippen LogP contribution in [0, 0.1) is 0 Å². The third-order valence-electron chi connectivity index (χ3n) is 2.98. The summed E-state index contributed by atoms with van der Waals surface area (Å²) in [5.74, 6) is 0.786. The molecule has 0 aliphatic heterocycles. The monoisotopic (exact) mass is 334 g/mol. The molecule has 2 rings (SSSR count). The van der Waals surface area contributed by atoms with Crippen LogP contribution in [0.15, 0.2) is 47.2 Å². The van der Waals surface area contributed by atoms with Crippen LogP contribution in [0.3, 0.4) is 0 Å². The Bertz CT molecular complexity index is 560. The van der Waals surface area contributed by atoms with Gasteiger partial charge in [-0.3, -0.25) is 4.98 Å². The molecule has 106 valence electrons. The zero-order valence-electron chi connectivity index (χ0n) is 11.6. The third kappa shape index (κ3) is 4.32. The number of benzene rings is 1. The highest BCUT2D eigenvalue weighted by atomic mass is 79.9. The Morgan fingerprint density at radius 1 is 1.30 bits per heavy atom. The Hall–Kier alpha value is -1.39. The minimum Gasteiger partial charge on any atom is -0.492 e. The molecule has 0 spiro atoms. The minimum atomic E-state index is -0.0815. The molecule has 0 radical (unpaired) electrons. The predicted molar refractivity (Wildman–Crippen MR) is 84.8 cm³/mol. The van der Waals surface area contributed by atoms with Crippen LogP contribution in [0.2, 0.25) is 0 Å². The van der Waals surface area contributed by atoms with E-state index in [0.717, 1.165) is 28.6 Å². The van der Waals surface area contributed by atoms with Gasteiger partial charge in [0.2, 0.25) is 0 Å². The standard InChI is InChI=1S/C16H19BrN2O/c1-2-6-20-15-9-13(10-19-11-15)16(18)8-12-4-3-5-14(17)7-12/h3-5,7,9-11,16H,2,6,8,18H2,1H3. The van der Waals surface area contributed by atoms with E-state index in [2.05, 4.69) is 40.0 Å². The number of hydrogen-bond donors (Lipinski definition) is 1. The Morgan fingerprint density at radius 3 is 2.90 bits per heavy atom. The van der Waals surface area contributed by atoms with Crippen molar-refractivity contribution in [3.8, 4) is 5.75 Å². The van der Waals surface area contributed by atoms with Crippen LogP contribution in [-0.4, -0.2) is 11.6 Å². The minimum absolute atomic E-state index is 0.0815. The number of nitrogens with zero attached hydrogens (tertiary/aromatic N) is 1. The van der Waals surface area contributed by atoms with Crippen LogP contribution in [0.4, 0.5) is 0 Å². The Labute approximate surface area is 128 Å². The van der Waals surface area contributed by atoms with Gasteiger partial charge in [-0.05, 0) is 42.2 Å². The fourth-order valence-corrected chi connectivity index (χ4v) is 2.42. The van der Waals surface area contributed by atoms with Crippen molar-refractivity contribution in [2.45, 2.75) is 25.8 Å². The van der Waals surface area contributed by atoms with Crippen LogP contribution in [0.5, 0.6) is 5.75 Å². The van der Waals surface area contributed by atoms with Crippen molar-refractivity contribution in [1.82, 2.24) is 4.98 Å². The topological polar surface area (TPSA) is 48.1 Å². The van der Waals surface area contributed by atoms with E-state index in [9.17, 15) is 0 Å².